The highest BCUT2D eigenvalue weighted by atomic mass is 35.5. The molecule has 1 aromatic carbocycles. The molecule has 0 saturated heterocycles. The van der Waals surface area contributed by atoms with Crippen molar-refractivity contribution in [2.24, 2.45) is 0 Å². The maximum absolute atomic E-state index is 12.7. The molecule has 0 bridgehead atoms. The van der Waals surface area contributed by atoms with E-state index in [9.17, 15) is 9.59 Å². The number of benzene rings is 1. The lowest BCUT2D eigenvalue weighted by molar-refractivity contribution is -0.140. The zero-order valence-corrected chi connectivity index (χ0v) is 15.6. The number of esters is 1. The average molecular weight is 394 g/mol. The molecular weight excluding hydrogens is 377 g/mol. The van der Waals surface area contributed by atoms with Crippen LogP contribution in [0.2, 0.25) is 10.0 Å². The van der Waals surface area contributed by atoms with Crippen molar-refractivity contribution >= 4 is 35.0 Å². The number of rotatable bonds is 3. The predicted octanol–water partition coefficient (Wildman–Crippen LogP) is 3.51. The van der Waals surface area contributed by atoms with Gasteiger partial charge in [-0.2, -0.15) is 0 Å². The molecule has 2 atom stereocenters. The molecule has 0 spiro atoms. The maximum Gasteiger partial charge on any atom is 0.337 e. The van der Waals surface area contributed by atoms with Gasteiger partial charge in [0.25, 0.3) is 0 Å². The second-order valence-electron chi connectivity index (χ2n) is 6.55. The molecule has 5 nitrogen and oxygen atoms in total. The maximum atomic E-state index is 12.7. The van der Waals surface area contributed by atoms with E-state index in [1.807, 2.05) is 6.92 Å². The summed E-state index contributed by atoms with van der Waals surface area (Å²) in [4.78, 5) is 25.3. The van der Waals surface area contributed by atoms with Crippen molar-refractivity contribution in [1.82, 2.24) is 5.32 Å². The summed E-state index contributed by atoms with van der Waals surface area (Å²) < 4.78 is 11.0. The lowest BCUT2D eigenvalue weighted by Crippen LogP contribution is -2.38. The molecule has 0 aromatic heterocycles. The molecule has 3 aliphatic heterocycles. The molecule has 4 rings (SSSR count). The van der Waals surface area contributed by atoms with Gasteiger partial charge in [-0.25, -0.2) is 4.79 Å². The number of halogens is 2. The van der Waals surface area contributed by atoms with Gasteiger partial charge in [-0.1, -0.05) is 42.6 Å². The minimum Gasteiger partial charge on any atom is -0.452 e. The fourth-order valence-electron chi connectivity index (χ4n) is 3.76. The molecule has 3 heterocycles. The van der Waals surface area contributed by atoms with Crippen molar-refractivity contribution in [1.29, 1.82) is 0 Å². The second-order valence-corrected chi connectivity index (χ2v) is 7.36. The van der Waals surface area contributed by atoms with Gasteiger partial charge in [0.2, 0.25) is 0 Å². The molecule has 136 valence electrons. The standard InChI is InChI=1S/C19H17Cl2NO4/c1-2-3-14-18-17(19(24)26-14)15(9-4-5-10(20)11(21)6-9)16-12(22-18)7-25-8-13(16)23/h4-6,14-15,22H,2-3,7-8H2,1H3/t14-,15-/m1/s1. The molecule has 3 aliphatic rings. The fourth-order valence-corrected chi connectivity index (χ4v) is 4.07. The molecule has 0 radical (unpaired) electrons. The van der Waals surface area contributed by atoms with Crippen LogP contribution in [0.15, 0.2) is 40.7 Å². The molecular formula is C19H17Cl2NO4. The summed E-state index contributed by atoms with van der Waals surface area (Å²) in [5.41, 5.74) is 3.18. The fraction of sp³-hybridized carbons (Fsp3) is 0.368. The van der Waals surface area contributed by atoms with Gasteiger partial charge in [-0.15, -0.1) is 0 Å². The Labute approximate surface area is 160 Å². The van der Waals surface area contributed by atoms with E-state index in [1.165, 1.54) is 0 Å². The van der Waals surface area contributed by atoms with Gasteiger partial charge in [0, 0.05) is 17.2 Å². The molecule has 0 fully saturated rings. The van der Waals surface area contributed by atoms with Gasteiger partial charge in [-0.3, -0.25) is 4.79 Å². The number of ketones is 1. The van der Waals surface area contributed by atoms with Gasteiger partial charge in [-0.05, 0) is 24.1 Å². The van der Waals surface area contributed by atoms with Gasteiger partial charge in [0.1, 0.15) is 12.7 Å². The average Bonchev–Trinajstić information content (AvgIpc) is 2.92. The Hall–Kier alpha value is -1.82. The van der Waals surface area contributed by atoms with Crippen molar-refractivity contribution < 1.29 is 19.1 Å². The molecule has 1 N–H and O–H groups in total. The number of carbonyl (C=O) groups excluding carboxylic acids is 2. The third-order valence-electron chi connectivity index (χ3n) is 4.88. The van der Waals surface area contributed by atoms with Crippen LogP contribution in [0.4, 0.5) is 0 Å². The van der Waals surface area contributed by atoms with E-state index in [0.717, 1.165) is 17.7 Å². The highest BCUT2D eigenvalue weighted by Crippen LogP contribution is 2.45. The molecule has 0 amide bonds. The Kier molecular flexibility index (Phi) is 4.55. The number of nitrogens with one attached hydrogen (secondary N) is 1. The number of carbonyl (C=O) groups is 2. The third-order valence-corrected chi connectivity index (χ3v) is 5.62. The summed E-state index contributed by atoms with van der Waals surface area (Å²) in [5, 5.41) is 4.05. The summed E-state index contributed by atoms with van der Waals surface area (Å²) in [6, 6.07) is 5.18. The van der Waals surface area contributed by atoms with Crippen molar-refractivity contribution in [2.75, 3.05) is 13.2 Å². The Morgan fingerprint density at radius 1 is 1.15 bits per heavy atom. The van der Waals surface area contributed by atoms with E-state index in [-0.39, 0.29) is 18.5 Å². The number of hydrogen-bond donors (Lipinski definition) is 1. The first-order valence-corrected chi connectivity index (χ1v) is 9.27. The molecule has 7 heteroatoms. The first kappa shape index (κ1) is 17.6. The Morgan fingerprint density at radius 3 is 2.69 bits per heavy atom. The molecule has 26 heavy (non-hydrogen) atoms. The predicted molar refractivity (Wildman–Crippen MR) is 97.0 cm³/mol. The van der Waals surface area contributed by atoms with Gasteiger partial charge in [0.05, 0.1) is 27.9 Å². The van der Waals surface area contributed by atoms with Crippen LogP contribution in [0.25, 0.3) is 0 Å². The molecule has 0 unspecified atom stereocenters. The SMILES string of the molecule is CCC[C@H]1OC(=O)C2=C1NC1=C(C(=O)COC1)[C@H]2c1ccc(Cl)c(Cl)c1. The number of hydrogen-bond acceptors (Lipinski definition) is 5. The quantitative estimate of drug-likeness (QED) is 0.795. The summed E-state index contributed by atoms with van der Waals surface area (Å²) in [6.45, 7) is 2.32. The second kappa shape index (κ2) is 6.72. The van der Waals surface area contributed by atoms with Crippen molar-refractivity contribution in [3.05, 3.63) is 56.3 Å². The number of dihydropyridines is 1. The van der Waals surface area contributed by atoms with E-state index < -0.39 is 11.9 Å². The van der Waals surface area contributed by atoms with Crippen molar-refractivity contribution in [2.45, 2.75) is 31.8 Å². The Morgan fingerprint density at radius 2 is 1.96 bits per heavy atom. The van der Waals surface area contributed by atoms with E-state index in [1.54, 1.807) is 18.2 Å². The van der Waals surface area contributed by atoms with E-state index in [0.29, 0.717) is 39.9 Å². The smallest absolute Gasteiger partial charge is 0.337 e. The van der Waals surface area contributed by atoms with Crippen LogP contribution >= 0.6 is 23.2 Å². The Balaban J connectivity index is 1.89. The van der Waals surface area contributed by atoms with Crippen LogP contribution in [0.5, 0.6) is 0 Å². The first-order valence-electron chi connectivity index (χ1n) is 8.52. The first-order chi connectivity index (χ1) is 12.5. The number of cyclic esters (lactones) is 1. The lowest BCUT2D eigenvalue weighted by Gasteiger charge is -2.32. The van der Waals surface area contributed by atoms with Gasteiger partial charge in [0.15, 0.2) is 5.78 Å². The highest BCUT2D eigenvalue weighted by molar-refractivity contribution is 6.42. The molecule has 0 aliphatic carbocycles. The largest absolute Gasteiger partial charge is 0.452 e. The normalized spacial score (nSPS) is 25.0. The van der Waals surface area contributed by atoms with Crippen LogP contribution in [0.1, 0.15) is 31.2 Å². The Bertz CT molecular complexity index is 874. The summed E-state index contributed by atoms with van der Waals surface area (Å²) in [7, 11) is 0. The molecule has 0 saturated carbocycles. The topological polar surface area (TPSA) is 64.6 Å². The van der Waals surface area contributed by atoms with Crippen molar-refractivity contribution in [3.63, 3.8) is 0 Å². The third kappa shape index (κ3) is 2.75. The minimum absolute atomic E-state index is 0.00557. The summed E-state index contributed by atoms with van der Waals surface area (Å²) in [5.74, 6) is -1.07. The van der Waals surface area contributed by atoms with E-state index in [4.69, 9.17) is 32.7 Å². The van der Waals surface area contributed by atoms with Gasteiger partial charge >= 0.3 is 5.97 Å². The zero-order valence-electron chi connectivity index (χ0n) is 14.1. The summed E-state index contributed by atoms with van der Waals surface area (Å²) >= 11 is 12.2. The highest BCUT2D eigenvalue weighted by Gasteiger charge is 2.46. The lowest BCUT2D eigenvalue weighted by atomic mass is 9.78. The van der Waals surface area contributed by atoms with Crippen LogP contribution in [0, 0.1) is 0 Å². The van der Waals surface area contributed by atoms with Crippen LogP contribution in [0.3, 0.4) is 0 Å². The van der Waals surface area contributed by atoms with Crippen LogP contribution in [-0.4, -0.2) is 31.1 Å². The van der Waals surface area contributed by atoms with Crippen molar-refractivity contribution in [3.8, 4) is 0 Å². The monoisotopic (exact) mass is 393 g/mol. The zero-order chi connectivity index (χ0) is 18.4. The number of ether oxygens (including phenoxy) is 2. The molecule has 1 aromatic rings. The van der Waals surface area contributed by atoms with E-state index >= 15 is 0 Å². The van der Waals surface area contributed by atoms with Crippen LogP contribution < -0.4 is 5.32 Å². The summed E-state index contributed by atoms with van der Waals surface area (Å²) in [6.07, 6.45) is 1.25. The van der Waals surface area contributed by atoms with Gasteiger partial charge < -0.3 is 14.8 Å². The number of Topliss-reactive ketones (excluding diaryl/α,β-unsaturated/α-hetero) is 1. The van der Waals surface area contributed by atoms with E-state index in [2.05, 4.69) is 5.32 Å². The minimum atomic E-state index is -0.526. The van der Waals surface area contributed by atoms with Crippen LogP contribution in [-0.2, 0) is 19.1 Å².